The zero-order valence-electron chi connectivity index (χ0n) is 21.2. The fraction of sp³-hybridized carbons (Fsp3) is 0.300. The van der Waals surface area contributed by atoms with Gasteiger partial charge >= 0.3 is 6.09 Å². The van der Waals surface area contributed by atoms with Crippen molar-refractivity contribution in [3.05, 3.63) is 109 Å². The van der Waals surface area contributed by atoms with Gasteiger partial charge < -0.3 is 14.3 Å². The summed E-state index contributed by atoms with van der Waals surface area (Å²) < 4.78 is 12.5. The van der Waals surface area contributed by atoms with Crippen LogP contribution in [0.4, 0.5) is 4.79 Å². The molecule has 3 aromatic rings. The van der Waals surface area contributed by atoms with Crippen molar-refractivity contribution in [2.45, 2.75) is 50.6 Å². The van der Waals surface area contributed by atoms with E-state index in [4.69, 9.17) is 9.16 Å². The minimum absolute atomic E-state index is 0.0365. The van der Waals surface area contributed by atoms with Gasteiger partial charge in [-0.25, -0.2) is 4.79 Å². The molecule has 1 aliphatic heterocycles. The lowest BCUT2D eigenvalue weighted by Crippen LogP contribution is -2.67. The third-order valence-corrected chi connectivity index (χ3v) is 11.9. The molecule has 6 heteroatoms. The highest BCUT2D eigenvalue weighted by Gasteiger charge is 2.51. The number of hydrogen-bond donors (Lipinski definition) is 1. The third kappa shape index (κ3) is 5.02. The van der Waals surface area contributed by atoms with E-state index in [2.05, 4.69) is 51.6 Å². The number of nitrogens with zero attached hydrogens (tertiary/aromatic N) is 1. The smallest absolute Gasteiger partial charge is 0.411 e. The van der Waals surface area contributed by atoms with Crippen molar-refractivity contribution in [2.24, 2.45) is 0 Å². The summed E-state index contributed by atoms with van der Waals surface area (Å²) >= 11 is 0. The Hall–Kier alpha value is -3.19. The van der Waals surface area contributed by atoms with E-state index in [1.54, 1.807) is 11.0 Å². The predicted octanol–water partition coefficient (Wildman–Crippen LogP) is 4.50. The van der Waals surface area contributed by atoms with E-state index >= 15 is 0 Å². The first-order valence-electron chi connectivity index (χ1n) is 12.3. The highest BCUT2D eigenvalue weighted by atomic mass is 28.4. The van der Waals surface area contributed by atoms with Crippen LogP contribution < -0.4 is 10.4 Å². The van der Waals surface area contributed by atoms with Crippen molar-refractivity contribution in [2.75, 3.05) is 6.61 Å². The van der Waals surface area contributed by atoms with Crippen LogP contribution in [0.5, 0.6) is 0 Å². The van der Waals surface area contributed by atoms with Crippen LogP contribution in [0.25, 0.3) is 0 Å². The molecule has 3 atom stereocenters. The quantitative estimate of drug-likeness (QED) is 0.347. The van der Waals surface area contributed by atoms with Crippen LogP contribution in [0.15, 0.2) is 104 Å². The minimum atomic E-state index is -2.83. The molecule has 0 bridgehead atoms. The Labute approximate surface area is 215 Å². The minimum Gasteiger partial charge on any atom is -0.441 e. The summed E-state index contributed by atoms with van der Waals surface area (Å²) in [6.07, 6.45) is -0.570. The van der Waals surface area contributed by atoms with Crippen LogP contribution in [0, 0.1) is 0 Å². The number of cyclic esters (lactones) is 1. The molecule has 0 unspecified atom stereocenters. The molecule has 0 radical (unpaired) electrons. The van der Waals surface area contributed by atoms with Gasteiger partial charge in [-0.3, -0.25) is 4.90 Å². The second kappa shape index (κ2) is 10.8. The average molecular weight is 502 g/mol. The van der Waals surface area contributed by atoms with Crippen molar-refractivity contribution in [1.82, 2.24) is 4.90 Å². The molecule has 0 spiro atoms. The Morgan fingerprint density at radius 3 is 1.94 bits per heavy atom. The molecule has 1 saturated heterocycles. The highest BCUT2D eigenvalue weighted by Crippen LogP contribution is 2.37. The summed E-state index contributed by atoms with van der Waals surface area (Å²) in [5.41, 5.74) is 0.986. The van der Waals surface area contributed by atoms with E-state index in [1.165, 1.54) is 0 Å². The average Bonchev–Trinajstić information content (AvgIpc) is 3.20. The molecular formula is C30H35NO4Si. The van der Waals surface area contributed by atoms with Crippen molar-refractivity contribution in [3.8, 4) is 0 Å². The number of aliphatic hydroxyl groups excluding tert-OH is 1. The van der Waals surface area contributed by atoms with Crippen LogP contribution in [0.3, 0.4) is 0 Å². The Bertz CT molecular complexity index is 1110. The number of benzene rings is 3. The molecule has 3 aromatic carbocycles. The molecular weight excluding hydrogens is 466 g/mol. The first-order chi connectivity index (χ1) is 17.3. The topological polar surface area (TPSA) is 59.0 Å². The van der Waals surface area contributed by atoms with E-state index in [0.29, 0.717) is 6.54 Å². The van der Waals surface area contributed by atoms with Gasteiger partial charge in [0.25, 0.3) is 8.32 Å². The lowest BCUT2D eigenvalue weighted by atomic mass is 10.1. The molecule has 0 saturated carbocycles. The monoisotopic (exact) mass is 501 g/mol. The Morgan fingerprint density at radius 2 is 1.47 bits per heavy atom. The number of hydrogen-bond acceptors (Lipinski definition) is 4. The fourth-order valence-corrected chi connectivity index (χ4v) is 9.71. The molecule has 0 aromatic heterocycles. The van der Waals surface area contributed by atoms with E-state index < -0.39 is 32.7 Å². The lowest BCUT2D eigenvalue weighted by molar-refractivity contribution is -0.00459. The molecule has 188 valence electrons. The van der Waals surface area contributed by atoms with E-state index in [-0.39, 0.29) is 11.6 Å². The Balaban J connectivity index is 1.61. The fourth-order valence-electron chi connectivity index (χ4n) is 5.14. The van der Waals surface area contributed by atoms with Gasteiger partial charge in [0.05, 0.1) is 12.6 Å². The summed E-state index contributed by atoms with van der Waals surface area (Å²) in [4.78, 5) is 14.4. The number of aliphatic hydroxyl groups is 1. The number of carbonyl (C=O) groups is 1. The molecule has 1 aliphatic rings. The maximum Gasteiger partial charge on any atom is 0.411 e. The summed E-state index contributed by atoms with van der Waals surface area (Å²) in [6.45, 7) is 10.9. The first-order valence-corrected chi connectivity index (χ1v) is 14.3. The maximum atomic E-state index is 12.8. The van der Waals surface area contributed by atoms with Crippen LogP contribution in [-0.4, -0.2) is 49.3 Å². The van der Waals surface area contributed by atoms with E-state index in [1.807, 2.05) is 66.7 Å². The van der Waals surface area contributed by atoms with Crippen LogP contribution in [0.2, 0.25) is 5.04 Å². The van der Waals surface area contributed by atoms with Gasteiger partial charge in [-0.1, -0.05) is 118 Å². The summed E-state index contributed by atoms with van der Waals surface area (Å²) in [7, 11) is -2.83. The zero-order chi connectivity index (χ0) is 25.8. The van der Waals surface area contributed by atoms with Crippen LogP contribution in [0.1, 0.15) is 26.3 Å². The van der Waals surface area contributed by atoms with Gasteiger partial charge in [-0.15, -0.1) is 6.58 Å². The van der Waals surface area contributed by atoms with Gasteiger partial charge in [0.15, 0.2) is 6.10 Å². The summed E-state index contributed by atoms with van der Waals surface area (Å²) in [6, 6.07) is 29.8. The van der Waals surface area contributed by atoms with Gasteiger partial charge in [0, 0.05) is 6.54 Å². The number of rotatable bonds is 9. The van der Waals surface area contributed by atoms with Crippen LogP contribution in [-0.2, 0) is 15.7 Å². The molecule has 1 fully saturated rings. The van der Waals surface area contributed by atoms with Gasteiger partial charge in [0.1, 0.15) is 6.10 Å². The molecule has 5 nitrogen and oxygen atoms in total. The molecule has 4 rings (SSSR count). The normalized spacial score (nSPS) is 19.1. The number of carbonyl (C=O) groups excluding carboxylic acids is 1. The SMILES string of the molecule is C=C[C@@H]1[C@@H]([C@H](O)CO[Si](c2ccccc2)(c2ccccc2)C(C)(C)C)OC(=O)N1Cc1ccccc1. The Morgan fingerprint density at radius 1 is 0.972 bits per heavy atom. The number of amides is 1. The zero-order valence-corrected chi connectivity index (χ0v) is 22.2. The second-order valence-electron chi connectivity index (χ2n) is 10.2. The Kier molecular flexibility index (Phi) is 7.78. The maximum absolute atomic E-state index is 12.8. The first kappa shape index (κ1) is 25.9. The van der Waals surface area contributed by atoms with Crippen molar-refractivity contribution < 1.29 is 19.1 Å². The van der Waals surface area contributed by atoms with Gasteiger partial charge in [0.2, 0.25) is 0 Å². The molecule has 1 heterocycles. The van der Waals surface area contributed by atoms with Crippen molar-refractivity contribution in [1.29, 1.82) is 0 Å². The number of ether oxygens (including phenoxy) is 1. The lowest BCUT2D eigenvalue weighted by Gasteiger charge is -2.43. The molecule has 36 heavy (non-hydrogen) atoms. The predicted molar refractivity (Wildman–Crippen MR) is 146 cm³/mol. The second-order valence-corrected chi connectivity index (χ2v) is 14.5. The third-order valence-electron chi connectivity index (χ3n) is 6.87. The molecule has 1 amide bonds. The molecule has 0 aliphatic carbocycles. The summed E-state index contributed by atoms with van der Waals surface area (Å²) in [5.74, 6) is 0. The van der Waals surface area contributed by atoms with Crippen LogP contribution >= 0.6 is 0 Å². The summed E-state index contributed by atoms with van der Waals surface area (Å²) in [5, 5.41) is 13.4. The van der Waals surface area contributed by atoms with Gasteiger partial charge in [-0.05, 0) is 21.0 Å². The largest absolute Gasteiger partial charge is 0.441 e. The van der Waals surface area contributed by atoms with E-state index in [9.17, 15) is 9.90 Å². The standard InChI is InChI=1S/C30H35NO4Si/c1-5-26-28(35-29(33)31(26)21-23-15-9-6-10-16-23)27(32)22-34-36(30(2,3)4,24-17-11-7-12-18-24)25-19-13-8-14-20-25/h5-20,26-28,32H,1,21-22H2,2-4H3/t26-,27-,28+/m1/s1. The van der Waals surface area contributed by atoms with Crippen molar-refractivity contribution in [3.63, 3.8) is 0 Å². The van der Waals surface area contributed by atoms with Crippen molar-refractivity contribution >= 4 is 24.8 Å². The molecule has 1 N–H and O–H groups in total. The van der Waals surface area contributed by atoms with E-state index in [0.717, 1.165) is 15.9 Å². The highest BCUT2D eigenvalue weighted by molar-refractivity contribution is 6.99. The van der Waals surface area contributed by atoms with Gasteiger partial charge in [-0.2, -0.15) is 0 Å².